The van der Waals surface area contributed by atoms with Crippen molar-refractivity contribution in [1.82, 2.24) is 0 Å². The number of benzene rings is 1. The van der Waals surface area contributed by atoms with Crippen LogP contribution in [-0.4, -0.2) is 19.0 Å². The Bertz CT molecular complexity index is 446. The van der Waals surface area contributed by atoms with Crippen molar-refractivity contribution in [3.8, 4) is 0 Å². The third-order valence-corrected chi connectivity index (χ3v) is 2.41. The molecule has 0 fully saturated rings. The Morgan fingerprint density at radius 3 is 2.65 bits per heavy atom. The van der Waals surface area contributed by atoms with Gasteiger partial charge in [-0.25, -0.2) is 0 Å². The van der Waals surface area contributed by atoms with E-state index < -0.39 is 0 Å². The molecular weight excluding hydrogens is 216 g/mol. The van der Waals surface area contributed by atoms with Gasteiger partial charge in [0.2, 0.25) is 5.78 Å². The van der Waals surface area contributed by atoms with Crippen LogP contribution in [0.25, 0.3) is 0 Å². The van der Waals surface area contributed by atoms with Gasteiger partial charge in [-0.15, -0.1) is 0 Å². The highest BCUT2D eigenvalue weighted by atomic mass is 16.5. The van der Waals surface area contributed by atoms with E-state index in [9.17, 15) is 4.79 Å². The van der Waals surface area contributed by atoms with Gasteiger partial charge < -0.3 is 9.15 Å². The molecule has 0 aliphatic carbocycles. The first-order chi connectivity index (χ1) is 8.36. The van der Waals surface area contributed by atoms with Crippen molar-refractivity contribution < 1.29 is 13.9 Å². The standard InChI is InChI=1S/C14H14O3/c15-13(14-7-4-9-17-14)11-16-10-8-12-5-2-1-3-6-12/h1-7,9H,8,10-11H2. The average Bonchev–Trinajstić information content (AvgIpc) is 2.89. The maximum Gasteiger partial charge on any atom is 0.223 e. The van der Waals surface area contributed by atoms with Gasteiger partial charge in [-0.2, -0.15) is 0 Å². The third-order valence-electron chi connectivity index (χ3n) is 2.41. The van der Waals surface area contributed by atoms with Crippen LogP contribution in [-0.2, 0) is 11.2 Å². The smallest absolute Gasteiger partial charge is 0.223 e. The SMILES string of the molecule is O=C(COCCc1ccccc1)c1ccco1. The molecule has 0 bridgehead atoms. The van der Waals surface area contributed by atoms with Crippen LogP contribution in [0.4, 0.5) is 0 Å². The molecule has 0 atom stereocenters. The van der Waals surface area contributed by atoms with Gasteiger partial charge in [0.25, 0.3) is 0 Å². The summed E-state index contributed by atoms with van der Waals surface area (Å²) in [5.74, 6) is 0.229. The summed E-state index contributed by atoms with van der Waals surface area (Å²) >= 11 is 0. The number of hydrogen-bond donors (Lipinski definition) is 0. The van der Waals surface area contributed by atoms with Crippen molar-refractivity contribution in [2.75, 3.05) is 13.2 Å². The molecule has 0 aliphatic heterocycles. The minimum Gasteiger partial charge on any atom is -0.461 e. The molecule has 3 nitrogen and oxygen atoms in total. The lowest BCUT2D eigenvalue weighted by molar-refractivity contribution is 0.0738. The molecule has 3 heteroatoms. The zero-order valence-electron chi connectivity index (χ0n) is 9.46. The van der Waals surface area contributed by atoms with E-state index in [4.69, 9.17) is 9.15 Å². The Kier molecular flexibility index (Phi) is 4.11. The van der Waals surface area contributed by atoms with Crippen LogP contribution in [0.1, 0.15) is 16.1 Å². The summed E-state index contributed by atoms with van der Waals surface area (Å²) in [4.78, 5) is 11.5. The average molecular weight is 230 g/mol. The molecule has 1 aromatic heterocycles. The number of ether oxygens (including phenoxy) is 1. The largest absolute Gasteiger partial charge is 0.461 e. The Morgan fingerprint density at radius 2 is 1.94 bits per heavy atom. The van der Waals surface area contributed by atoms with Crippen LogP contribution in [0, 0.1) is 0 Å². The summed E-state index contributed by atoms with van der Waals surface area (Å²) in [6.07, 6.45) is 2.30. The van der Waals surface area contributed by atoms with E-state index in [1.165, 1.54) is 11.8 Å². The molecule has 17 heavy (non-hydrogen) atoms. The lowest BCUT2D eigenvalue weighted by Gasteiger charge is -2.02. The Labute approximate surface area is 100 Å². The second-order valence-electron chi connectivity index (χ2n) is 3.69. The number of carbonyl (C=O) groups excluding carboxylic acids is 1. The van der Waals surface area contributed by atoms with E-state index in [1.807, 2.05) is 30.3 Å². The molecule has 0 radical (unpaired) electrons. The summed E-state index contributed by atoms with van der Waals surface area (Å²) in [6, 6.07) is 13.4. The second kappa shape index (κ2) is 6.01. The lowest BCUT2D eigenvalue weighted by Crippen LogP contribution is -2.10. The molecule has 0 N–H and O–H groups in total. The minimum absolute atomic E-state index is 0.0698. The molecule has 1 aromatic carbocycles. The summed E-state index contributed by atoms with van der Waals surface area (Å²) < 4.78 is 10.3. The number of rotatable bonds is 6. The highest BCUT2D eigenvalue weighted by Crippen LogP contribution is 2.03. The lowest BCUT2D eigenvalue weighted by atomic mass is 10.2. The molecule has 0 amide bonds. The zero-order chi connectivity index (χ0) is 11.9. The van der Waals surface area contributed by atoms with Gasteiger partial charge in [-0.05, 0) is 24.1 Å². The van der Waals surface area contributed by atoms with E-state index in [0.29, 0.717) is 12.4 Å². The topological polar surface area (TPSA) is 39.4 Å². The highest BCUT2D eigenvalue weighted by molar-refractivity contribution is 5.94. The van der Waals surface area contributed by atoms with Crippen LogP contribution in [0.3, 0.4) is 0 Å². The van der Waals surface area contributed by atoms with Gasteiger partial charge >= 0.3 is 0 Å². The maximum atomic E-state index is 11.5. The van der Waals surface area contributed by atoms with Gasteiger partial charge in [0, 0.05) is 0 Å². The van der Waals surface area contributed by atoms with Gasteiger partial charge in [0.1, 0.15) is 6.61 Å². The van der Waals surface area contributed by atoms with Gasteiger partial charge in [0.15, 0.2) is 5.76 Å². The monoisotopic (exact) mass is 230 g/mol. The van der Waals surface area contributed by atoms with Gasteiger partial charge in [-0.1, -0.05) is 30.3 Å². The molecule has 1 heterocycles. The van der Waals surface area contributed by atoms with E-state index in [-0.39, 0.29) is 12.4 Å². The Morgan fingerprint density at radius 1 is 1.12 bits per heavy atom. The van der Waals surface area contributed by atoms with E-state index in [0.717, 1.165) is 6.42 Å². The molecule has 0 spiro atoms. The molecule has 2 rings (SSSR count). The van der Waals surface area contributed by atoms with Crippen LogP contribution < -0.4 is 0 Å². The third kappa shape index (κ3) is 3.57. The van der Waals surface area contributed by atoms with Crippen molar-refractivity contribution in [2.24, 2.45) is 0 Å². The quantitative estimate of drug-likeness (QED) is 0.565. The van der Waals surface area contributed by atoms with E-state index in [2.05, 4.69) is 0 Å². The first kappa shape index (κ1) is 11.6. The first-order valence-electron chi connectivity index (χ1n) is 5.54. The predicted octanol–water partition coefficient (Wildman–Crippen LogP) is 2.72. The van der Waals surface area contributed by atoms with Crippen molar-refractivity contribution in [1.29, 1.82) is 0 Å². The van der Waals surface area contributed by atoms with Crippen molar-refractivity contribution in [2.45, 2.75) is 6.42 Å². The molecule has 88 valence electrons. The summed E-state index contributed by atoms with van der Waals surface area (Å²) in [5.41, 5.74) is 1.21. The summed E-state index contributed by atoms with van der Waals surface area (Å²) in [6.45, 7) is 0.608. The second-order valence-corrected chi connectivity index (χ2v) is 3.69. The molecule has 0 aliphatic rings. The van der Waals surface area contributed by atoms with Crippen LogP contribution >= 0.6 is 0 Å². The van der Waals surface area contributed by atoms with E-state index >= 15 is 0 Å². The fourth-order valence-corrected chi connectivity index (χ4v) is 1.51. The van der Waals surface area contributed by atoms with Crippen molar-refractivity contribution in [3.05, 3.63) is 60.1 Å². The molecule has 0 unspecified atom stereocenters. The molecule has 2 aromatic rings. The number of hydrogen-bond acceptors (Lipinski definition) is 3. The van der Waals surface area contributed by atoms with Crippen LogP contribution in [0.15, 0.2) is 53.1 Å². The Balaban J connectivity index is 1.69. The Hall–Kier alpha value is -1.87. The fraction of sp³-hybridized carbons (Fsp3) is 0.214. The van der Waals surface area contributed by atoms with Crippen molar-refractivity contribution in [3.63, 3.8) is 0 Å². The summed E-state index contributed by atoms with van der Waals surface area (Å²) in [5, 5.41) is 0. The summed E-state index contributed by atoms with van der Waals surface area (Å²) in [7, 11) is 0. The predicted molar refractivity (Wildman–Crippen MR) is 64.0 cm³/mol. The van der Waals surface area contributed by atoms with E-state index in [1.54, 1.807) is 12.1 Å². The van der Waals surface area contributed by atoms with Crippen LogP contribution in [0.5, 0.6) is 0 Å². The van der Waals surface area contributed by atoms with Crippen molar-refractivity contribution >= 4 is 5.78 Å². The number of carbonyl (C=O) groups is 1. The maximum absolute atomic E-state index is 11.5. The van der Waals surface area contributed by atoms with Gasteiger partial charge in [-0.3, -0.25) is 4.79 Å². The number of Topliss-reactive ketones (excluding diaryl/α,β-unsaturated/α-hetero) is 1. The minimum atomic E-state index is -0.122. The molecular formula is C14H14O3. The number of ketones is 1. The number of furan rings is 1. The molecule has 0 saturated carbocycles. The fourth-order valence-electron chi connectivity index (χ4n) is 1.51. The van der Waals surface area contributed by atoms with Gasteiger partial charge in [0.05, 0.1) is 12.9 Å². The van der Waals surface area contributed by atoms with Crippen LogP contribution in [0.2, 0.25) is 0 Å². The highest BCUT2D eigenvalue weighted by Gasteiger charge is 2.07. The normalized spacial score (nSPS) is 10.4. The zero-order valence-corrected chi connectivity index (χ0v) is 9.46. The molecule has 0 saturated heterocycles. The first-order valence-corrected chi connectivity index (χ1v) is 5.54.